The van der Waals surface area contributed by atoms with Crippen LogP contribution in [0, 0.1) is 5.82 Å². The molecule has 0 saturated heterocycles. The molecule has 0 aliphatic rings. The zero-order valence-corrected chi connectivity index (χ0v) is 6.35. The Kier molecular flexibility index (Phi) is 2.44. The molecule has 11 heavy (non-hydrogen) atoms. The average Bonchev–Trinajstić information content (AvgIpc) is 2.05. The Balaban J connectivity index is 2.99. The second-order valence-corrected chi connectivity index (χ2v) is 2.15. The fourth-order valence-corrected chi connectivity index (χ4v) is 0.767. The summed E-state index contributed by atoms with van der Waals surface area (Å²) < 4.78 is 15.6. The molecule has 58 valence electrons. The zero-order valence-electron chi connectivity index (χ0n) is 5.59. The lowest BCUT2D eigenvalue weighted by atomic mass is 10.2. The molecule has 0 radical (unpaired) electrons. The maximum atomic E-state index is 12.3. The summed E-state index contributed by atoms with van der Waals surface area (Å²) in [4.78, 5) is 0. The van der Waals surface area contributed by atoms with Gasteiger partial charge in [-0.05, 0) is 24.3 Å². The molecular formula is C7H6ClFN2. The van der Waals surface area contributed by atoms with E-state index in [0.717, 1.165) is 0 Å². The van der Waals surface area contributed by atoms with Crippen LogP contribution in [0.3, 0.4) is 0 Å². The van der Waals surface area contributed by atoms with Crippen LogP contribution >= 0.6 is 11.8 Å². The molecule has 2 nitrogen and oxygen atoms in total. The molecule has 0 fully saturated rings. The van der Waals surface area contributed by atoms with Crippen LogP contribution in [0.25, 0.3) is 0 Å². The van der Waals surface area contributed by atoms with Crippen molar-refractivity contribution in [2.45, 2.75) is 0 Å². The minimum Gasteiger partial charge on any atom is -0.382 e. The third-order valence-electron chi connectivity index (χ3n) is 1.23. The number of amidine groups is 1. The Bertz CT molecular complexity index is 268. The first-order chi connectivity index (χ1) is 5.24. The van der Waals surface area contributed by atoms with Gasteiger partial charge in [0.25, 0.3) is 0 Å². The Labute approximate surface area is 68.6 Å². The topological polar surface area (TPSA) is 38.4 Å². The Morgan fingerprint density at radius 1 is 1.36 bits per heavy atom. The summed E-state index contributed by atoms with van der Waals surface area (Å²) in [5, 5.41) is 0. The van der Waals surface area contributed by atoms with Crippen LogP contribution in [0.2, 0.25) is 0 Å². The summed E-state index contributed by atoms with van der Waals surface area (Å²) in [5.74, 6) is -0.122. The van der Waals surface area contributed by atoms with E-state index < -0.39 is 0 Å². The highest BCUT2D eigenvalue weighted by Gasteiger charge is 1.96. The van der Waals surface area contributed by atoms with Gasteiger partial charge in [-0.15, -0.1) is 0 Å². The van der Waals surface area contributed by atoms with Gasteiger partial charge in [0.1, 0.15) is 11.7 Å². The Hall–Kier alpha value is -1.09. The maximum Gasteiger partial charge on any atom is 0.145 e. The van der Waals surface area contributed by atoms with E-state index in [2.05, 4.69) is 4.51 Å². The predicted molar refractivity (Wildman–Crippen MR) is 43.0 cm³/mol. The molecular weight excluding hydrogens is 167 g/mol. The summed E-state index contributed by atoms with van der Waals surface area (Å²) in [6.07, 6.45) is 0. The lowest BCUT2D eigenvalue weighted by Gasteiger charge is -1.96. The van der Waals surface area contributed by atoms with Crippen LogP contribution < -0.4 is 5.73 Å². The van der Waals surface area contributed by atoms with Crippen LogP contribution in [0.4, 0.5) is 4.39 Å². The number of benzene rings is 1. The molecule has 0 aliphatic carbocycles. The van der Waals surface area contributed by atoms with Crippen molar-refractivity contribution in [3.8, 4) is 0 Å². The number of hydrogen-bond acceptors (Lipinski definition) is 1. The highest BCUT2D eigenvalue weighted by molar-refractivity contribution is 6.22. The van der Waals surface area contributed by atoms with Gasteiger partial charge >= 0.3 is 0 Å². The van der Waals surface area contributed by atoms with Gasteiger partial charge in [-0.2, -0.15) is 4.51 Å². The first kappa shape index (κ1) is 8.01. The third-order valence-corrected chi connectivity index (χ3v) is 1.41. The second-order valence-electron chi connectivity index (χ2n) is 1.98. The molecule has 0 spiro atoms. The molecule has 1 aromatic carbocycles. The molecule has 0 amide bonds. The molecule has 0 aromatic heterocycles. The van der Waals surface area contributed by atoms with Gasteiger partial charge in [0.15, 0.2) is 0 Å². The monoisotopic (exact) mass is 172 g/mol. The van der Waals surface area contributed by atoms with Gasteiger partial charge in [-0.3, -0.25) is 0 Å². The molecule has 1 rings (SSSR count). The number of rotatable bonds is 1. The van der Waals surface area contributed by atoms with Crippen LogP contribution in [-0.2, 0) is 0 Å². The van der Waals surface area contributed by atoms with E-state index in [9.17, 15) is 4.39 Å². The standard InChI is InChI=1S/C7H6ClFN2/c8-11-7(10)5-1-3-6(9)4-2-5/h1-4H,(H2,10,11). The summed E-state index contributed by atoms with van der Waals surface area (Å²) in [6.45, 7) is 0. The van der Waals surface area contributed by atoms with Crippen LogP contribution in [-0.4, -0.2) is 5.84 Å². The van der Waals surface area contributed by atoms with Crippen molar-refractivity contribution in [2.75, 3.05) is 0 Å². The fraction of sp³-hybridized carbons (Fsp3) is 0. The third kappa shape index (κ3) is 1.91. The van der Waals surface area contributed by atoms with Crippen LogP contribution in [0.1, 0.15) is 5.56 Å². The Morgan fingerprint density at radius 2 is 1.91 bits per heavy atom. The zero-order chi connectivity index (χ0) is 8.27. The van der Waals surface area contributed by atoms with Gasteiger partial charge in [-0.1, -0.05) is 0 Å². The molecule has 1 aromatic rings. The molecule has 2 N–H and O–H groups in total. The summed E-state index contributed by atoms with van der Waals surface area (Å²) in [7, 11) is 0. The minimum atomic E-state index is -0.309. The maximum absolute atomic E-state index is 12.3. The van der Waals surface area contributed by atoms with Crippen molar-refractivity contribution < 1.29 is 4.39 Å². The summed E-state index contributed by atoms with van der Waals surface area (Å²) in [5.41, 5.74) is 5.95. The normalized spacial score (nSPS) is 11.6. The van der Waals surface area contributed by atoms with E-state index in [1.807, 2.05) is 0 Å². The summed E-state index contributed by atoms with van der Waals surface area (Å²) >= 11 is 5.10. The molecule has 0 aliphatic heterocycles. The molecule has 0 saturated carbocycles. The SMILES string of the molecule is NC(=NCl)c1ccc(F)cc1. The number of halogens is 2. The van der Waals surface area contributed by atoms with Crippen molar-refractivity contribution >= 4 is 17.6 Å². The molecule has 0 unspecified atom stereocenters. The fourth-order valence-electron chi connectivity index (χ4n) is 0.669. The van der Waals surface area contributed by atoms with Crippen molar-refractivity contribution in [2.24, 2.45) is 10.2 Å². The van der Waals surface area contributed by atoms with Crippen molar-refractivity contribution in [3.63, 3.8) is 0 Å². The Morgan fingerprint density at radius 3 is 2.36 bits per heavy atom. The molecule has 0 bridgehead atoms. The highest BCUT2D eigenvalue weighted by Crippen LogP contribution is 2.02. The van der Waals surface area contributed by atoms with Crippen LogP contribution in [0.5, 0.6) is 0 Å². The van der Waals surface area contributed by atoms with E-state index in [0.29, 0.717) is 5.56 Å². The van der Waals surface area contributed by atoms with Crippen molar-refractivity contribution in [3.05, 3.63) is 35.6 Å². The second kappa shape index (κ2) is 3.34. The smallest absolute Gasteiger partial charge is 0.145 e. The largest absolute Gasteiger partial charge is 0.382 e. The highest BCUT2D eigenvalue weighted by atomic mass is 35.5. The molecule has 0 atom stereocenters. The van der Waals surface area contributed by atoms with Gasteiger partial charge < -0.3 is 5.73 Å². The first-order valence-corrected chi connectivity index (χ1v) is 3.28. The lowest BCUT2D eigenvalue weighted by Crippen LogP contribution is -2.11. The van der Waals surface area contributed by atoms with Crippen molar-refractivity contribution in [1.29, 1.82) is 0 Å². The van der Waals surface area contributed by atoms with Gasteiger partial charge in [-0.25, -0.2) is 4.39 Å². The number of nitrogens with zero attached hydrogens (tertiary/aromatic N) is 1. The first-order valence-electron chi connectivity index (χ1n) is 2.94. The average molecular weight is 173 g/mol. The van der Waals surface area contributed by atoms with Gasteiger partial charge in [0.2, 0.25) is 0 Å². The predicted octanol–water partition coefficient (Wildman–Crippen LogP) is 1.68. The van der Waals surface area contributed by atoms with Gasteiger partial charge in [0, 0.05) is 17.3 Å². The lowest BCUT2D eigenvalue weighted by molar-refractivity contribution is 0.628. The minimum absolute atomic E-state index is 0.187. The quantitative estimate of drug-likeness (QED) is 0.508. The van der Waals surface area contributed by atoms with E-state index in [-0.39, 0.29) is 11.7 Å². The summed E-state index contributed by atoms with van der Waals surface area (Å²) in [6, 6.07) is 5.61. The van der Waals surface area contributed by atoms with Crippen LogP contribution in [0.15, 0.2) is 28.8 Å². The van der Waals surface area contributed by atoms with E-state index in [1.54, 1.807) is 0 Å². The van der Waals surface area contributed by atoms with E-state index in [1.165, 1.54) is 24.3 Å². The molecule has 0 heterocycles. The van der Waals surface area contributed by atoms with Gasteiger partial charge in [0.05, 0.1) is 0 Å². The molecule has 4 heteroatoms. The number of hydrogen-bond donors (Lipinski definition) is 1. The number of nitrogens with two attached hydrogens (primary N) is 1. The van der Waals surface area contributed by atoms with E-state index >= 15 is 0 Å². The van der Waals surface area contributed by atoms with Crippen molar-refractivity contribution in [1.82, 2.24) is 0 Å². The van der Waals surface area contributed by atoms with E-state index in [4.69, 9.17) is 17.5 Å².